The van der Waals surface area contributed by atoms with Gasteiger partial charge in [-0.3, -0.25) is 0 Å². The smallest absolute Gasteiger partial charge is 0.0780 e. The molecule has 0 radical (unpaired) electrons. The van der Waals surface area contributed by atoms with Crippen molar-refractivity contribution < 1.29 is 4.74 Å². The van der Waals surface area contributed by atoms with Crippen molar-refractivity contribution >= 4 is 0 Å². The normalized spacial score (nSPS) is 40.3. The van der Waals surface area contributed by atoms with Gasteiger partial charge in [-0.2, -0.15) is 0 Å². The second-order valence-corrected chi connectivity index (χ2v) is 5.14. The second kappa shape index (κ2) is 4.19. The molecule has 1 saturated carbocycles. The third kappa shape index (κ3) is 2.12. The van der Waals surface area contributed by atoms with Crippen LogP contribution >= 0.6 is 0 Å². The molecule has 2 rings (SSSR count). The first-order valence-corrected chi connectivity index (χ1v) is 6.12. The van der Waals surface area contributed by atoms with Gasteiger partial charge in [0, 0.05) is 13.1 Å². The van der Waals surface area contributed by atoms with Crippen LogP contribution in [0.4, 0.5) is 0 Å². The fourth-order valence-corrected chi connectivity index (χ4v) is 2.73. The van der Waals surface area contributed by atoms with Crippen molar-refractivity contribution in [2.24, 2.45) is 5.92 Å². The fraction of sp³-hybridized carbons (Fsp3) is 1.00. The molecule has 0 aromatic heterocycles. The van der Waals surface area contributed by atoms with Crippen LogP contribution in [0.5, 0.6) is 0 Å². The molecule has 82 valence electrons. The molecule has 1 saturated heterocycles. The number of nitrogens with one attached hydrogen (secondary N) is 1. The molecule has 0 bridgehead atoms. The van der Waals surface area contributed by atoms with E-state index in [0.29, 0.717) is 6.10 Å². The molecule has 0 amide bonds. The molecule has 1 heterocycles. The Bertz CT molecular complexity index is 189. The van der Waals surface area contributed by atoms with E-state index in [1.54, 1.807) is 0 Å². The third-order valence-electron chi connectivity index (χ3n) is 3.95. The minimum atomic E-state index is 0.0888. The second-order valence-electron chi connectivity index (χ2n) is 5.14. The quantitative estimate of drug-likeness (QED) is 0.733. The van der Waals surface area contributed by atoms with Crippen molar-refractivity contribution in [1.29, 1.82) is 0 Å². The summed E-state index contributed by atoms with van der Waals surface area (Å²) in [5.41, 5.74) is 0.0888. The van der Waals surface area contributed by atoms with Gasteiger partial charge in [0.05, 0.1) is 11.7 Å². The summed E-state index contributed by atoms with van der Waals surface area (Å²) >= 11 is 0. The minimum absolute atomic E-state index is 0.0888. The average molecular weight is 197 g/mol. The molecule has 0 aromatic rings. The van der Waals surface area contributed by atoms with Crippen LogP contribution in [0.15, 0.2) is 0 Å². The lowest BCUT2D eigenvalue weighted by Gasteiger charge is -2.41. The zero-order valence-electron chi connectivity index (χ0n) is 9.51. The van der Waals surface area contributed by atoms with Gasteiger partial charge in [0.15, 0.2) is 0 Å². The van der Waals surface area contributed by atoms with E-state index in [1.165, 1.54) is 25.7 Å². The van der Waals surface area contributed by atoms with Crippen molar-refractivity contribution in [3.63, 3.8) is 0 Å². The zero-order valence-corrected chi connectivity index (χ0v) is 9.51. The first-order chi connectivity index (χ1) is 6.73. The molecule has 14 heavy (non-hydrogen) atoms. The van der Waals surface area contributed by atoms with E-state index in [9.17, 15) is 0 Å². The maximum absolute atomic E-state index is 6.24. The standard InChI is InChI=1S/C12H23NO/c1-3-12(2)9-13-8-11(14-12)10-6-4-5-7-10/h10-11,13H,3-9H2,1-2H3. The maximum Gasteiger partial charge on any atom is 0.0780 e. The van der Waals surface area contributed by atoms with Gasteiger partial charge in [0.1, 0.15) is 0 Å². The molecule has 1 N–H and O–H groups in total. The Morgan fingerprint density at radius 1 is 1.36 bits per heavy atom. The highest BCUT2D eigenvalue weighted by atomic mass is 16.5. The Labute approximate surface area is 87.4 Å². The number of hydrogen-bond donors (Lipinski definition) is 1. The summed E-state index contributed by atoms with van der Waals surface area (Å²) in [6.07, 6.45) is 7.18. The zero-order chi connectivity index (χ0) is 10.0. The summed E-state index contributed by atoms with van der Waals surface area (Å²) in [6, 6.07) is 0. The lowest BCUT2D eigenvalue weighted by Crippen LogP contribution is -2.53. The monoisotopic (exact) mass is 197 g/mol. The summed E-state index contributed by atoms with van der Waals surface area (Å²) in [5.74, 6) is 0.827. The van der Waals surface area contributed by atoms with Crippen LogP contribution in [0.3, 0.4) is 0 Å². The average Bonchev–Trinajstić information content (AvgIpc) is 2.71. The van der Waals surface area contributed by atoms with E-state index in [1.807, 2.05) is 0 Å². The van der Waals surface area contributed by atoms with Gasteiger partial charge in [-0.05, 0) is 32.1 Å². The SMILES string of the molecule is CCC1(C)CNCC(C2CCCC2)O1. The van der Waals surface area contributed by atoms with Crippen molar-refractivity contribution in [3.8, 4) is 0 Å². The van der Waals surface area contributed by atoms with Gasteiger partial charge in [-0.15, -0.1) is 0 Å². The first-order valence-electron chi connectivity index (χ1n) is 6.12. The number of rotatable bonds is 2. The molecular formula is C12H23NO. The van der Waals surface area contributed by atoms with Gasteiger partial charge < -0.3 is 10.1 Å². The van der Waals surface area contributed by atoms with Crippen molar-refractivity contribution in [2.45, 2.75) is 57.7 Å². The molecule has 2 nitrogen and oxygen atoms in total. The number of ether oxygens (including phenoxy) is 1. The first kappa shape index (κ1) is 10.4. The fourth-order valence-electron chi connectivity index (χ4n) is 2.73. The molecule has 2 aliphatic rings. The predicted octanol–water partition coefficient (Wildman–Crippen LogP) is 2.33. The van der Waals surface area contributed by atoms with Crippen LogP contribution in [-0.2, 0) is 4.74 Å². The molecular weight excluding hydrogens is 174 g/mol. The van der Waals surface area contributed by atoms with Crippen molar-refractivity contribution in [2.75, 3.05) is 13.1 Å². The summed E-state index contributed by atoms with van der Waals surface area (Å²) < 4.78 is 6.24. The lowest BCUT2D eigenvalue weighted by molar-refractivity contribution is -0.126. The van der Waals surface area contributed by atoms with E-state index in [4.69, 9.17) is 4.74 Å². The van der Waals surface area contributed by atoms with Gasteiger partial charge in [-0.25, -0.2) is 0 Å². The third-order valence-corrected chi connectivity index (χ3v) is 3.95. The van der Waals surface area contributed by atoms with Gasteiger partial charge >= 0.3 is 0 Å². The van der Waals surface area contributed by atoms with E-state index < -0.39 is 0 Å². The van der Waals surface area contributed by atoms with Crippen LogP contribution in [-0.4, -0.2) is 24.8 Å². The van der Waals surface area contributed by atoms with E-state index in [-0.39, 0.29) is 5.60 Å². The van der Waals surface area contributed by atoms with Crippen molar-refractivity contribution in [3.05, 3.63) is 0 Å². The molecule has 2 atom stereocenters. The number of hydrogen-bond acceptors (Lipinski definition) is 2. The van der Waals surface area contributed by atoms with Crippen LogP contribution in [0.1, 0.15) is 46.0 Å². The molecule has 1 aliphatic carbocycles. The highest BCUT2D eigenvalue weighted by Crippen LogP contribution is 2.33. The summed E-state index contributed by atoms with van der Waals surface area (Å²) in [6.45, 7) is 6.55. The largest absolute Gasteiger partial charge is 0.369 e. The Kier molecular flexibility index (Phi) is 3.13. The van der Waals surface area contributed by atoms with Crippen LogP contribution in [0.2, 0.25) is 0 Å². The molecule has 1 aliphatic heterocycles. The van der Waals surface area contributed by atoms with Crippen LogP contribution in [0, 0.1) is 5.92 Å². The van der Waals surface area contributed by atoms with E-state index in [0.717, 1.165) is 25.4 Å². The molecule has 0 aromatic carbocycles. The summed E-state index contributed by atoms with van der Waals surface area (Å²) in [7, 11) is 0. The van der Waals surface area contributed by atoms with Crippen molar-refractivity contribution in [1.82, 2.24) is 5.32 Å². The topological polar surface area (TPSA) is 21.3 Å². The molecule has 2 heteroatoms. The Balaban J connectivity index is 1.93. The highest BCUT2D eigenvalue weighted by Gasteiger charge is 2.35. The predicted molar refractivity (Wildman–Crippen MR) is 58.4 cm³/mol. The molecule has 0 spiro atoms. The molecule has 2 fully saturated rings. The van der Waals surface area contributed by atoms with E-state index >= 15 is 0 Å². The Hall–Kier alpha value is -0.0800. The molecule has 2 unspecified atom stereocenters. The van der Waals surface area contributed by atoms with Gasteiger partial charge in [0.25, 0.3) is 0 Å². The van der Waals surface area contributed by atoms with E-state index in [2.05, 4.69) is 19.2 Å². The lowest BCUT2D eigenvalue weighted by atomic mass is 9.94. The maximum atomic E-state index is 6.24. The van der Waals surface area contributed by atoms with Gasteiger partial charge in [0.2, 0.25) is 0 Å². The van der Waals surface area contributed by atoms with Crippen LogP contribution in [0.25, 0.3) is 0 Å². The number of morpholine rings is 1. The van der Waals surface area contributed by atoms with Crippen LogP contribution < -0.4 is 5.32 Å². The van der Waals surface area contributed by atoms with Gasteiger partial charge in [-0.1, -0.05) is 19.8 Å². The minimum Gasteiger partial charge on any atom is -0.369 e. The Morgan fingerprint density at radius 2 is 2.07 bits per heavy atom. The highest BCUT2D eigenvalue weighted by molar-refractivity contribution is 4.88. The summed E-state index contributed by atoms with van der Waals surface area (Å²) in [5, 5.41) is 3.53. The Morgan fingerprint density at radius 3 is 2.71 bits per heavy atom. The summed E-state index contributed by atoms with van der Waals surface area (Å²) in [4.78, 5) is 0.